The van der Waals surface area contributed by atoms with Gasteiger partial charge >= 0.3 is 5.97 Å². The van der Waals surface area contributed by atoms with E-state index in [2.05, 4.69) is 15.5 Å². The number of hydrogen-bond donors (Lipinski definition) is 2. The fourth-order valence-corrected chi connectivity index (χ4v) is 2.80. The van der Waals surface area contributed by atoms with Crippen LogP contribution in [-0.4, -0.2) is 37.3 Å². The second-order valence-corrected chi connectivity index (χ2v) is 5.47. The predicted octanol–water partition coefficient (Wildman–Crippen LogP) is 1.39. The van der Waals surface area contributed by atoms with Crippen LogP contribution in [-0.2, 0) is 4.79 Å². The summed E-state index contributed by atoms with van der Waals surface area (Å²) in [6, 6.07) is 6.91. The lowest BCUT2D eigenvalue weighted by molar-refractivity contribution is -0.144. The highest BCUT2D eigenvalue weighted by atomic mass is 16.4. The average molecular weight is 300 g/mol. The predicted molar refractivity (Wildman–Crippen MR) is 77.7 cm³/mol. The second kappa shape index (κ2) is 5.59. The van der Waals surface area contributed by atoms with Gasteiger partial charge in [0.1, 0.15) is 18.2 Å². The molecule has 1 aliphatic carbocycles. The SMILES string of the molecule is O=C(NC1(C(=O)O)CCCC1)c1cccc(-n2cnnc2)c1. The number of nitrogens with zero attached hydrogens (tertiary/aromatic N) is 3. The number of carbonyl (C=O) groups excluding carboxylic acids is 1. The van der Waals surface area contributed by atoms with Gasteiger partial charge in [-0.3, -0.25) is 9.36 Å². The van der Waals surface area contributed by atoms with Gasteiger partial charge in [-0.2, -0.15) is 0 Å². The Morgan fingerprint density at radius 3 is 2.50 bits per heavy atom. The molecule has 1 amide bonds. The zero-order chi connectivity index (χ0) is 15.6. The molecule has 0 atom stereocenters. The average Bonchev–Trinajstić information content (AvgIpc) is 3.19. The van der Waals surface area contributed by atoms with Gasteiger partial charge in [0.2, 0.25) is 0 Å². The van der Waals surface area contributed by atoms with Gasteiger partial charge in [-0.15, -0.1) is 10.2 Å². The smallest absolute Gasteiger partial charge is 0.329 e. The van der Waals surface area contributed by atoms with E-state index in [1.807, 2.05) is 6.07 Å². The van der Waals surface area contributed by atoms with E-state index in [1.54, 1.807) is 22.8 Å². The molecule has 3 rings (SSSR count). The van der Waals surface area contributed by atoms with Crippen LogP contribution in [0.1, 0.15) is 36.0 Å². The fraction of sp³-hybridized carbons (Fsp3) is 0.333. The maximum Gasteiger partial charge on any atom is 0.329 e. The molecule has 2 aromatic rings. The van der Waals surface area contributed by atoms with E-state index in [0.717, 1.165) is 18.5 Å². The molecule has 1 aliphatic rings. The Labute approximate surface area is 127 Å². The first kappa shape index (κ1) is 14.2. The summed E-state index contributed by atoms with van der Waals surface area (Å²) < 4.78 is 1.68. The summed E-state index contributed by atoms with van der Waals surface area (Å²) in [5, 5.41) is 19.6. The lowest BCUT2D eigenvalue weighted by atomic mass is 9.97. The van der Waals surface area contributed by atoms with Crippen molar-refractivity contribution >= 4 is 11.9 Å². The van der Waals surface area contributed by atoms with Gasteiger partial charge in [-0.1, -0.05) is 18.9 Å². The largest absolute Gasteiger partial charge is 0.480 e. The standard InChI is InChI=1S/C15H16N4O3/c20-13(18-15(14(21)22)6-1-2-7-15)11-4-3-5-12(8-11)19-9-16-17-10-19/h3-5,8-10H,1-2,6-7H2,(H,18,20)(H,21,22). The zero-order valence-electron chi connectivity index (χ0n) is 11.9. The van der Waals surface area contributed by atoms with Gasteiger partial charge in [0, 0.05) is 11.3 Å². The summed E-state index contributed by atoms with van der Waals surface area (Å²) >= 11 is 0. The monoisotopic (exact) mass is 300 g/mol. The van der Waals surface area contributed by atoms with Crippen molar-refractivity contribution in [1.82, 2.24) is 20.1 Å². The molecule has 2 N–H and O–H groups in total. The van der Waals surface area contributed by atoms with Gasteiger partial charge in [0.25, 0.3) is 5.91 Å². The molecule has 1 saturated carbocycles. The normalized spacial score (nSPS) is 16.4. The molecule has 0 saturated heterocycles. The van der Waals surface area contributed by atoms with Crippen molar-refractivity contribution in [2.24, 2.45) is 0 Å². The minimum atomic E-state index is -1.14. The zero-order valence-corrected chi connectivity index (χ0v) is 11.9. The third-order valence-electron chi connectivity index (χ3n) is 4.04. The van der Waals surface area contributed by atoms with E-state index in [-0.39, 0.29) is 5.91 Å². The molecular formula is C15H16N4O3. The molecular weight excluding hydrogens is 284 g/mol. The molecule has 1 fully saturated rings. The number of aromatic nitrogens is 3. The number of rotatable bonds is 4. The number of carboxylic acids is 1. The van der Waals surface area contributed by atoms with Crippen molar-refractivity contribution in [3.05, 3.63) is 42.5 Å². The Kier molecular flexibility index (Phi) is 3.62. The van der Waals surface area contributed by atoms with E-state index >= 15 is 0 Å². The van der Waals surface area contributed by atoms with Crippen LogP contribution >= 0.6 is 0 Å². The highest BCUT2D eigenvalue weighted by Crippen LogP contribution is 2.30. The number of benzene rings is 1. The van der Waals surface area contributed by atoms with Crippen LogP contribution in [0.2, 0.25) is 0 Å². The van der Waals surface area contributed by atoms with Crippen LogP contribution < -0.4 is 5.32 Å². The van der Waals surface area contributed by atoms with Crippen molar-refractivity contribution in [3.63, 3.8) is 0 Å². The van der Waals surface area contributed by atoms with Crippen LogP contribution in [0.3, 0.4) is 0 Å². The van der Waals surface area contributed by atoms with Crippen LogP contribution in [0.5, 0.6) is 0 Å². The first-order valence-corrected chi connectivity index (χ1v) is 7.12. The summed E-state index contributed by atoms with van der Waals surface area (Å²) in [5.41, 5.74) is 0.0241. The minimum Gasteiger partial charge on any atom is -0.480 e. The molecule has 22 heavy (non-hydrogen) atoms. The van der Waals surface area contributed by atoms with Gasteiger partial charge in [-0.25, -0.2) is 4.79 Å². The lowest BCUT2D eigenvalue weighted by Gasteiger charge is -2.25. The Bertz CT molecular complexity index is 691. The van der Waals surface area contributed by atoms with Crippen molar-refractivity contribution in [2.75, 3.05) is 0 Å². The van der Waals surface area contributed by atoms with Crippen LogP contribution in [0.4, 0.5) is 0 Å². The number of aliphatic carboxylic acids is 1. The highest BCUT2D eigenvalue weighted by molar-refractivity contribution is 5.98. The summed E-state index contributed by atoms with van der Waals surface area (Å²) in [6.45, 7) is 0. The summed E-state index contributed by atoms with van der Waals surface area (Å²) in [4.78, 5) is 23.9. The quantitative estimate of drug-likeness (QED) is 0.889. The van der Waals surface area contributed by atoms with Gasteiger partial charge in [-0.05, 0) is 31.0 Å². The maximum atomic E-state index is 12.4. The summed E-state index contributed by atoms with van der Waals surface area (Å²) in [5.74, 6) is -1.34. The number of carboxylic acid groups (broad SMARTS) is 1. The third-order valence-corrected chi connectivity index (χ3v) is 4.04. The molecule has 0 unspecified atom stereocenters. The fourth-order valence-electron chi connectivity index (χ4n) is 2.80. The third kappa shape index (κ3) is 2.57. The molecule has 1 aromatic carbocycles. The number of carbonyl (C=O) groups is 2. The van der Waals surface area contributed by atoms with Crippen LogP contribution in [0.25, 0.3) is 5.69 Å². The number of amides is 1. The molecule has 0 bridgehead atoms. The molecule has 1 aromatic heterocycles. The lowest BCUT2D eigenvalue weighted by Crippen LogP contribution is -2.52. The first-order valence-electron chi connectivity index (χ1n) is 7.12. The minimum absolute atomic E-state index is 0.376. The Morgan fingerprint density at radius 2 is 1.86 bits per heavy atom. The van der Waals surface area contributed by atoms with Crippen LogP contribution in [0.15, 0.2) is 36.9 Å². The first-order chi connectivity index (χ1) is 10.6. The summed E-state index contributed by atoms with van der Waals surface area (Å²) in [6.07, 6.45) is 5.64. The molecule has 0 aliphatic heterocycles. The van der Waals surface area contributed by atoms with Gasteiger partial charge in [0.15, 0.2) is 0 Å². The highest BCUT2D eigenvalue weighted by Gasteiger charge is 2.42. The topological polar surface area (TPSA) is 97.1 Å². The van der Waals surface area contributed by atoms with Crippen molar-refractivity contribution in [1.29, 1.82) is 0 Å². The number of hydrogen-bond acceptors (Lipinski definition) is 4. The number of nitrogens with one attached hydrogen (secondary N) is 1. The van der Waals surface area contributed by atoms with E-state index in [4.69, 9.17) is 0 Å². The van der Waals surface area contributed by atoms with Crippen molar-refractivity contribution in [2.45, 2.75) is 31.2 Å². The molecule has 7 heteroatoms. The Balaban J connectivity index is 1.83. The van der Waals surface area contributed by atoms with Gasteiger partial charge in [0.05, 0.1) is 0 Å². The molecule has 0 spiro atoms. The Hall–Kier alpha value is -2.70. The van der Waals surface area contributed by atoms with E-state index < -0.39 is 11.5 Å². The van der Waals surface area contributed by atoms with Crippen molar-refractivity contribution < 1.29 is 14.7 Å². The van der Waals surface area contributed by atoms with Gasteiger partial charge < -0.3 is 10.4 Å². The van der Waals surface area contributed by atoms with E-state index in [0.29, 0.717) is 18.4 Å². The molecule has 1 heterocycles. The summed E-state index contributed by atoms with van der Waals surface area (Å²) in [7, 11) is 0. The molecule has 114 valence electrons. The molecule has 0 radical (unpaired) electrons. The maximum absolute atomic E-state index is 12.4. The van der Waals surface area contributed by atoms with E-state index in [1.165, 1.54) is 12.7 Å². The van der Waals surface area contributed by atoms with Crippen LogP contribution in [0, 0.1) is 0 Å². The Morgan fingerprint density at radius 1 is 1.18 bits per heavy atom. The van der Waals surface area contributed by atoms with E-state index in [9.17, 15) is 14.7 Å². The molecule has 7 nitrogen and oxygen atoms in total. The second-order valence-electron chi connectivity index (χ2n) is 5.47. The van der Waals surface area contributed by atoms with Crippen molar-refractivity contribution in [3.8, 4) is 5.69 Å².